The van der Waals surface area contributed by atoms with Gasteiger partial charge >= 0.3 is 5.97 Å². The molecule has 5 heteroatoms. The van der Waals surface area contributed by atoms with E-state index in [0.29, 0.717) is 6.42 Å². The number of hydrogen-bond donors (Lipinski definition) is 0. The number of unbranched alkanes of at least 4 members (excludes halogenated alkanes) is 10. The molecular weight excluding hydrogens is 288 g/mol. The Morgan fingerprint density at radius 1 is 0.810 bits per heavy atom. The fraction of sp³-hybridized carbons (Fsp3) is 0.938. The highest BCUT2D eigenvalue weighted by atomic mass is 32.2. The lowest BCUT2D eigenvalue weighted by molar-refractivity contribution is -0.137. The summed E-state index contributed by atoms with van der Waals surface area (Å²) in [4.78, 5) is 10.9. The van der Waals surface area contributed by atoms with Crippen molar-refractivity contribution in [3.05, 3.63) is 0 Å². The van der Waals surface area contributed by atoms with Gasteiger partial charge in [-0.2, -0.15) is 0 Å². The van der Waals surface area contributed by atoms with E-state index in [9.17, 15) is 13.2 Å². The largest absolute Gasteiger partial charge is 0.468 e. The summed E-state index contributed by atoms with van der Waals surface area (Å²) in [6, 6.07) is 0. The molecule has 0 saturated heterocycles. The van der Waals surface area contributed by atoms with Crippen LogP contribution in [0.2, 0.25) is 0 Å². The van der Waals surface area contributed by atoms with Crippen molar-refractivity contribution in [2.24, 2.45) is 0 Å². The van der Waals surface area contributed by atoms with E-state index in [1.165, 1.54) is 58.5 Å². The SMILES string of the molecule is CCCCCCCCCCCCCS(=O)(=O)CC(=O)OC. The zero-order chi connectivity index (χ0) is 16.0. The fourth-order valence-corrected chi connectivity index (χ4v) is 3.56. The van der Waals surface area contributed by atoms with Crippen molar-refractivity contribution in [1.29, 1.82) is 0 Å². The molecule has 0 aromatic heterocycles. The summed E-state index contributed by atoms with van der Waals surface area (Å²) in [6.45, 7) is 2.23. The first-order chi connectivity index (χ1) is 10.0. The number of methoxy groups -OCH3 is 1. The van der Waals surface area contributed by atoms with Gasteiger partial charge in [-0.25, -0.2) is 8.42 Å². The highest BCUT2D eigenvalue weighted by Gasteiger charge is 2.16. The minimum Gasteiger partial charge on any atom is -0.468 e. The topological polar surface area (TPSA) is 60.4 Å². The Kier molecular flexibility index (Phi) is 12.7. The minimum absolute atomic E-state index is 0.0963. The second-order valence-corrected chi connectivity index (χ2v) is 7.89. The van der Waals surface area contributed by atoms with Crippen LogP contribution in [0, 0.1) is 0 Å². The summed E-state index contributed by atoms with van der Waals surface area (Å²) in [7, 11) is -2.07. The predicted molar refractivity (Wildman–Crippen MR) is 87.1 cm³/mol. The standard InChI is InChI=1S/C16H32O4S/c1-3-4-5-6-7-8-9-10-11-12-13-14-21(18,19)15-16(17)20-2/h3-15H2,1-2H3. The van der Waals surface area contributed by atoms with Gasteiger partial charge in [-0.3, -0.25) is 4.79 Å². The number of carbonyl (C=O) groups is 1. The highest BCUT2D eigenvalue weighted by Crippen LogP contribution is 2.11. The van der Waals surface area contributed by atoms with Gasteiger partial charge < -0.3 is 4.74 Å². The summed E-state index contributed by atoms with van der Waals surface area (Å²) in [5, 5.41) is 0. The van der Waals surface area contributed by atoms with Crippen molar-refractivity contribution in [2.75, 3.05) is 18.6 Å². The van der Waals surface area contributed by atoms with E-state index in [0.717, 1.165) is 12.8 Å². The Hall–Kier alpha value is -0.580. The molecule has 0 radical (unpaired) electrons. The zero-order valence-corrected chi connectivity index (χ0v) is 14.6. The Bertz CT molecular complexity index is 349. The van der Waals surface area contributed by atoms with E-state index in [1.807, 2.05) is 0 Å². The Morgan fingerprint density at radius 2 is 1.24 bits per heavy atom. The third kappa shape index (κ3) is 14.1. The first-order valence-corrected chi connectivity index (χ1v) is 10.1. The predicted octanol–water partition coefficient (Wildman–Crippen LogP) is 3.89. The van der Waals surface area contributed by atoms with E-state index in [2.05, 4.69) is 11.7 Å². The summed E-state index contributed by atoms with van der Waals surface area (Å²) in [5.74, 6) is -1.06. The molecular formula is C16H32O4S. The van der Waals surface area contributed by atoms with Gasteiger partial charge in [0.1, 0.15) is 5.75 Å². The van der Waals surface area contributed by atoms with E-state index in [-0.39, 0.29) is 5.75 Å². The molecule has 0 bridgehead atoms. The van der Waals surface area contributed by atoms with Crippen LogP contribution in [-0.4, -0.2) is 33.0 Å². The molecule has 0 saturated carbocycles. The molecule has 0 aliphatic rings. The molecule has 0 aromatic rings. The van der Waals surface area contributed by atoms with Crippen LogP contribution in [0.1, 0.15) is 77.6 Å². The molecule has 0 rings (SSSR count). The summed E-state index contributed by atoms with van der Waals surface area (Å²) in [6.07, 6.45) is 13.1. The van der Waals surface area contributed by atoms with Gasteiger partial charge in [-0.05, 0) is 6.42 Å². The number of rotatable bonds is 14. The first kappa shape index (κ1) is 20.4. The Labute approximate surface area is 130 Å². The van der Waals surface area contributed by atoms with Gasteiger partial charge in [0.2, 0.25) is 0 Å². The molecule has 0 atom stereocenters. The van der Waals surface area contributed by atoms with Gasteiger partial charge in [0.15, 0.2) is 9.84 Å². The van der Waals surface area contributed by atoms with Crippen LogP contribution in [-0.2, 0) is 19.4 Å². The normalized spacial score (nSPS) is 11.5. The lowest BCUT2D eigenvalue weighted by atomic mass is 10.1. The molecule has 0 heterocycles. The molecule has 0 fully saturated rings. The Balaban J connectivity index is 3.38. The second-order valence-electron chi connectivity index (χ2n) is 5.70. The van der Waals surface area contributed by atoms with Gasteiger partial charge in [0, 0.05) is 0 Å². The number of hydrogen-bond acceptors (Lipinski definition) is 4. The lowest BCUT2D eigenvalue weighted by Crippen LogP contribution is -2.19. The molecule has 0 N–H and O–H groups in total. The molecule has 0 spiro atoms. The van der Waals surface area contributed by atoms with Crippen LogP contribution in [0.3, 0.4) is 0 Å². The number of esters is 1. The van der Waals surface area contributed by atoms with Gasteiger partial charge in [0.25, 0.3) is 0 Å². The van der Waals surface area contributed by atoms with Gasteiger partial charge in [0.05, 0.1) is 12.9 Å². The summed E-state index contributed by atoms with van der Waals surface area (Å²) < 4.78 is 27.5. The van der Waals surface area contributed by atoms with Crippen LogP contribution >= 0.6 is 0 Å². The zero-order valence-electron chi connectivity index (χ0n) is 13.7. The van der Waals surface area contributed by atoms with E-state index < -0.39 is 21.6 Å². The number of ether oxygens (including phenoxy) is 1. The van der Waals surface area contributed by atoms with E-state index in [1.54, 1.807) is 0 Å². The van der Waals surface area contributed by atoms with Crippen molar-refractivity contribution < 1.29 is 17.9 Å². The molecule has 0 aliphatic heterocycles. The molecule has 0 unspecified atom stereocenters. The monoisotopic (exact) mass is 320 g/mol. The first-order valence-electron chi connectivity index (χ1n) is 8.29. The van der Waals surface area contributed by atoms with Crippen LogP contribution in [0.5, 0.6) is 0 Å². The average molecular weight is 320 g/mol. The third-order valence-electron chi connectivity index (χ3n) is 3.62. The third-order valence-corrected chi connectivity index (χ3v) is 5.21. The Morgan fingerprint density at radius 3 is 1.67 bits per heavy atom. The van der Waals surface area contributed by atoms with Gasteiger partial charge in [-0.15, -0.1) is 0 Å². The van der Waals surface area contributed by atoms with Crippen molar-refractivity contribution in [2.45, 2.75) is 77.6 Å². The maximum Gasteiger partial charge on any atom is 0.320 e. The fourth-order valence-electron chi connectivity index (χ4n) is 2.30. The maximum atomic E-state index is 11.6. The lowest BCUT2D eigenvalue weighted by Gasteiger charge is -2.04. The smallest absolute Gasteiger partial charge is 0.320 e. The molecule has 0 aromatic carbocycles. The van der Waals surface area contributed by atoms with E-state index in [4.69, 9.17) is 0 Å². The number of sulfone groups is 1. The number of carbonyl (C=O) groups excluding carboxylic acids is 1. The van der Waals surface area contributed by atoms with Crippen molar-refractivity contribution in [3.63, 3.8) is 0 Å². The quantitative estimate of drug-likeness (QED) is 0.360. The minimum atomic E-state index is -3.28. The molecule has 0 amide bonds. The highest BCUT2D eigenvalue weighted by molar-refractivity contribution is 7.92. The second kappa shape index (κ2) is 13.1. The van der Waals surface area contributed by atoms with Crippen LogP contribution in [0.15, 0.2) is 0 Å². The molecule has 21 heavy (non-hydrogen) atoms. The van der Waals surface area contributed by atoms with Crippen LogP contribution < -0.4 is 0 Å². The summed E-state index contributed by atoms with van der Waals surface area (Å²) in [5.41, 5.74) is 0. The van der Waals surface area contributed by atoms with E-state index >= 15 is 0 Å². The molecule has 4 nitrogen and oxygen atoms in total. The van der Waals surface area contributed by atoms with Crippen LogP contribution in [0.25, 0.3) is 0 Å². The maximum absolute atomic E-state index is 11.6. The van der Waals surface area contributed by atoms with Crippen molar-refractivity contribution >= 4 is 15.8 Å². The van der Waals surface area contributed by atoms with Crippen LogP contribution in [0.4, 0.5) is 0 Å². The summed E-state index contributed by atoms with van der Waals surface area (Å²) >= 11 is 0. The van der Waals surface area contributed by atoms with Crippen molar-refractivity contribution in [1.82, 2.24) is 0 Å². The van der Waals surface area contributed by atoms with Gasteiger partial charge in [-0.1, -0.05) is 71.1 Å². The average Bonchev–Trinajstić information content (AvgIpc) is 2.44. The molecule has 126 valence electrons. The molecule has 0 aliphatic carbocycles. The van der Waals surface area contributed by atoms with Crippen molar-refractivity contribution in [3.8, 4) is 0 Å².